The Morgan fingerprint density at radius 3 is 0.659 bits per heavy atom. The summed E-state index contributed by atoms with van der Waals surface area (Å²) in [4.78, 5) is 0. The van der Waals surface area contributed by atoms with Crippen molar-refractivity contribution < 1.29 is 54.2 Å². The first kappa shape index (κ1) is 41.2. The van der Waals surface area contributed by atoms with Crippen LogP contribution in [0, 0.1) is 0 Å². The minimum Gasteiger partial charge on any atom is -0.0622 e. The van der Waals surface area contributed by atoms with Gasteiger partial charge in [0, 0.05) is 0 Å². The standard InChI is InChI=1S/C27H26P2.12FH.Pd.2Sb/c1-5-14-24(15-6-1)28(25-16-7-2-8-17-25)22-13-23-29(26-18-9-3-10-19-26)27-20-11-4-12-21-27;;;;;;;;;;;;;;;/h1-12,14-21H,13,22-23H2;12*1H;;;/q;;;;;;;;;;;;;+2;2*+5/p-12. The minimum absolute atomic E-state index is 0. The van der Waals surface area contributed by atoms with E-state index in [4.69, 9.17) is 0 Å². The van der Waals surface area contributed by atoms with Crippen LogP contribution in [-0.4, -0.2) is 51.3 Å². The molecule has 0 saturated carbocycles. The summed E-state index contributed by atoms with van der Waals surface area (Å²) in [5.74, 6) is 0. The van der Waals surface area contributed by atoms with Crippen LogP contribution >= 0.6 is 15.8 Å². The third-order valence-electron chi connectivity index (χ3n) is 5.03. The van der Waals surface area contributed by atoms with Gasteiger partial charge < -0.3 is 0 Å². The first-order valence-electron chi connectivity index (χ1n) is 12.2. The van der Waals surface area contributed by atoms with E-state index in [0.717, 1.165) is 0 Å². The van der Waals surface area contributed by atoms with Crippen LogP contribution in [-0.2, 0) is 20.4 Å². The van der Waals surface area contributed by atoms with Crippen LogP contribution in [0.25, 0.3) is 0 Å². The van der Waals surface area contributed by atoms with Gasteiger partial charge in [0.2, 0.25) is 0 Å². The average Bonchev–Trinajstić information content (AvgIpc) is 2.87. The third-order valence-corrected chi connectivity index (χ3v) is 10.2. The van der Waals surface area contributed by atoms with Gasteiger partial charge >= 0.3 is 93.1 Å². The number of hydrogen-bond donors (Lipinski definition) is 0. The predicted octanol–water partition coefficient (Wildman–Crippen LogP) is 9.92. The molecule has 0 unspecified atom stereocenters. The molecule has 0 heterocycles. The Morgan fingerprint density at radius 2 is 0.500 bits per heavy atom. The van der Waals surface area contributed by atoms with Gasteiger partial charge in [-0.05, 0) is 55.8 Å². The molecule has 4 rings (SSSR count). The number of rotatable bonds is 8. The molecule has 4 aromatic carbocycles. The van der Waals surface area contributed by atoms with Crippen molar-refractivity contribution >= 4 is 76.0 Å². The molecule has 0 aliphatic rings. The molecule has 0 amide bonds. The molecule has 0 atom stereocenters. The van der Waals surface area contributed by atoms with Gasteiger partial charge in [-0.25, -0.2) is 0 Å². The second kappa shape index (κ2) is 14.5. The molecule has 0 N–H and O–H groups in total. The molecule has 0 aliphatic heterocycles. The molecule has 0 radical (unpaired) electrons. The number of benzene rings is 4. The van der Waals surface area contributed by atoms with E-state index in [1.165, 1.54) is 40.0 Å². The van der Waals surface area contributed by atoms with Crippen molar-refractivity contribution in [2.75, 3.05) is 12.3 Å². The zero-order valence-electron chi connectivity index (χ0n) is 22.3. The van der Waals surface area contributed by atoms with Crippen molar-refractivity contribution in [2.24, 2.45) is 0 Å². The van der Waals surface area contributed by atoms with Crippen molar-refractivity contribution in [2.45, 2.75) is 6.42 Å². The van der Waals surface area contributed by atoms with E-state index >= 15 is 0 Å². The molecule has 0 saturated heterocycles. The van der Waals surface area contributed by atoms with E-state index in [0.29, 0.717) is 0 Å². The largest absolute Gasteiger partial charge is 2.00 e. The Labute approximate surface area is 268 Å². The quantitative estimate of drug-likeness (QED) is 0.0938. The van der Waals surface area contributed by atoms with E-state index < -0.39 is 39.0 Å². The van der Waals surface area contributed by atoms with Crippen LogP contribution < -0.4 is 21.2 Å². The molecule has 0 spiro atoms. The maximum absolute atomic E-state index is 11.2. The third kappa shape index (κ3) is 23.5. The Bertz CT molecular complexity index is 1200. The normalized spacial score (nSPS) is 14.7. The van der Waals surface area contributed by atoms with E-state index in [-0.39, 0.29) is 36.3 Å². The van der Waals surface area contributed by atoms with Crippen molar-refractivity contribution in [3.63, 3.8) is 0 Å². The molecule has 4 aromatic rings. The van der Waals surface area contributed by atoms with Gasteiger partial charge in [0.25, 0.3) is 0 Å². The van der Waals surface area contributed by atoms with Crippen LogP contribution in [0.4, 0.5) is 33.8 Å². The maximum atomic E-state index is 9.93. The summed E-state index contributed by atoms with van der Waals surface area (Å²) in [6.45, 7) is 0. The van der Waals surface area contributed by atoms with Crippen LogP contribution in [0.1, 0.15) is 6.42 Å². The monoisotopic (exact) mass is 988 g/mol. The minimum atomic E-state index is -11.2. The molecule has 44 heavy (non-hydrogen) atoms. The Morgan fingerprint density at radius 1 is 0.341 bits per heavy atom. The van der Waals surface area contributed by atoms with Crippen LogP contribution in [0.15, 0.2) is 121 Å². The Balaban J connectivity index is 0.000000541. The Kier molecular flexibility index (Phi) is 13.6. The van der Waals surface area contributed by atoms with Crippen LogP contribution in [0.5, 0.6) is 0 Å². The first-order valence-corrected chi connectivity index (χ1v) is 26.8. The van der Waals surface area contributed by atoms with Crippen molar-refractivity contribution in [3.05, 3.63) is 121 Å². The first-order chi connectivity index (χ1) is 19.3. The van der Waals surface area contributed by atoms with Crippen molar-refractivity contribution in [1.82, 2.24) is 0 Å². The van der Waals surface area contributed by atoms with E-state index in [1.54, 1.807) is 0 Å². The van der Waals surface area contributed by atoms with Crippen molar-refractivity contribution in [1.29, 1.82) is 0 Å². The fourth-order valence-corrected chi connectivity index (χ4v) is 8.59. The summed E-state index contributed by atoms with van der Waals surface area (Å²) in [6.07, 6.45) is 3.72. The van der Waals surface area contributed by atoms with Gasteiger partial charge in [-0.1, -0.05) is 121 Å². The van der Waals surface area contributed by atoms with Crippen LogP contribution in [0.2, 0.25) is 0 Å². The summed E-state index contributed by atoms with van der Waals surface area (Å²) in [5, 5.41) is 5.94. The summed E-state index contributed by atoms with van der Waals surface area (Å²) >= 11 is -22.5. The van der Waals surface area contributed by atoms with Gasteiger partial charge in [0.05, 0.1) is 0 Å². The van der Waals surface area contributed by atoms with Gasteiger partial charge in [-0.3, -0.25) is 0 Å². The number of halogens is 12. The average molecular weight is 990 g/mol. The van der Waals surface area contributed by atoms with Gasteiger partial charge in [-0.2, -0.15) is 0 Å². The fraction of sp³-hybridized carbons (Fsp3) is 0.111. The van der Waals surface area contributed by atoms with Gasteiger partial charge in [0.1, 0.15) is 0 Å². The van der Waals surface area contributed by atoms with Crippen LogP contribution in [0.3, 0.4) is 0 Å². The zero-order valence-corrected chi connectivity index (χ0v) is 30.8. The molecule has 0 bridgehead atoms. The topological polar surface area (TPSA) is 0 Å². The fourth-order valence-electron chi connectivity index (χ4n) is 3.63. The predicted molar refractivity (Wildman–Crippen MR) is 157 cm³/mol. The molecule has 0 nitrogen and oxygen atoms in total. The number of hydrogen-bond acceptors (Lipinski definition) is 0. The van der Waals surface area contributed by atoms with Crippen molar-refractivity contribution in [3.8, 4) is 0 Å². The van der Waals surface area contributed by atoms with E-state index in [2.05, 4.69) is 121 Å². The second-order valence-corrected chi connectivity index (χ2v) is 24.5. The molecule has 0 aliphatic carbocycles. The molecule has 0 fully saturated rings. The SMILES string of the molecule is [F][Sb-]([F])([F])([F])([F])[F].[F][Sb-]([F])([F])([F])([F])[F].[Pd+2].c1ccc(P(CCCP(c2ccccc2)c2ccccc2)c2ccccc2)cc1. The smallest absolute Gasteiger partial charge is 0.0622 e. The molecule has 248 valence electrons. The van der Waals surface area contributed by atoms with E-state index in [9.17, 15) is 33.8 Å². The molecular formula is C27H26F12P2PdSb2. The van der Waals surface area contributed by atoms with Gasteiger partial charge in [-0.15, -0.1) is 0 Å². The second-order valence-electron chi connectivity index (χ2n) is 8.92. The van der Waals surface area contributed by atoms with E-state index in [1.807, 2.05) is 0 Å². The summed E-state index contributed by atoms with van der Waals surface area (Å²) in [6, 6.07) is 44.3. The summed E-state index contributed by atoms with van der Waals surface area (Å²) in [7, 11) is -0.618. The summed E-state index contributed by atoms with van der Waals surface area (Å²) < 4.78 is 119. The summed E-state index contributed by atoms with van der Waals surface area (Å²) in [5.41, 5.74) is 0. The van der Waals surface area contributed by atoms with Gasteiger partial charge in [0.15, 0.2) is 0 Å². The molecule has 17 heteroatoms. The zero-order chi connectivity index (χ0) is 32.5. The molecular weight excluding hydrogens is 964 g/mol. The molecule has 0 aromatic heterocycles. The maximum Gasteiger partial charge on any atom is 2.00 e. The Hall–Kier alpha value is -0.801.